The lowest BCUT2D eigenvalue weighted by Crippen LogP contribution is -2.41. The third kappa shape index (κ3) is 3.54. The molecular weight excluding hydrogens is 265 g/mol. The Morgan fingerprint density at radius 1 is 1.16 bits per heavy atom. The highest BCUT2D eigenvalue weighted by atomic mass is 32.3. The van der Waals surface area contributed by atoms with Crippen molar-refractivity contribution in [1.82, 2.24) is 0 Å². The van der Waals surface area contributed by atoms with Gasteiger partial charge in [-0.05, 0) is 18.4 Å². The van der Waals surface area contributed by atoms with Gasteiger partial charge in [-0.2, -0.15) is 8.42 Å². The van der Waals surface area contributed by atoms with Crippen molar-refractivity contribution in [2.45, 2.75) is 38.1 Å². The monoisotopic (exact) mass is 285 g/mol. The van der Waals surface area contributed by atoms with Crippen LogP contribution in [0.4, 0.5) is 3.89 Å². The van der Waals surface area contributed by atoms with Gasteiger partial charge >= 0.3 is 10.2 Å². The molecule has 2 N–H and O–H groups in total. The molecule has 1 aromatic rings. The van der Waals surface area contributed by atoms with Crippen molar-refractivity contribution in [2.24, 2.45) is 11.1 Å². The Hall–Kier alpha value is -0.940. The molecule has 19 heavy (non-hydrogen) atoms. The van der Waals surface area contributed by atoms with E-state index in [0.717, 1.165) is 24.8 Å². The van der Waals surface area contributed by atoms with Gasteiger partial charge in [0.1, 0.15) is 0 Å². The first-order valence-corrected chi connectivity index (χ1v) is 8.21. The van der Waals surface area contributed by atoms with E-state index in [-0.39, 0.29) is 0 Å². The van der Waals surface area contributed by atoms with Gasteiger partial charge in [0.25, 0.3) is 0 Å². The molecule has 0 radical (unpaired) electrons. The Morgan fingerprint density at radius 3 is 2.26 bits per heavy atom. The van der Waals surface area contributed by atoms with Gasteiger partial charge in [0, 0.05) is 11.5 Å². The quantitative estimate of drug-likeness (QED) is 0.865. The van der Waals surface area contributed by atoms with E-state index in [9.17, 15) is 12.3 Å². The molecule has 0 heterocycles. The van der Waals surface area contributed by atoms with Crippen LogP contribution in [-0.2, 0) is 10.2 Å². The van der Waals surface area contributed by atoms with Crippen LogP contribution < -0.4 is 5.73 Å². The molecule has 0 bridgehead atoms. The normalized spacial score (nSPS) is 20.9. The van der Waals surface area contributed by atoms with E-state index in [1.165, 1.54) is 0 Å². The number of halogens is 1. The summed E-state index contributed by atoms with van der Waals surface area (Å²) in [6, 6.07) is 8.96. The van der Waals surface area contributed by atoms with Gasteiger partial charge in [-0.25, -0.2) is 0 Å². The van der Waals surface area contributed by atoms with Crippen molar-refractivity contribution in [3.63, 3.8) is 0 Å². The SMILES string of the molecule is NC(c1ccccc1)C1(CS(=O)(=O)F)CCCCC1. The van der Waals surface area contributed by atoms with E-state index in [1.807, 2.05) is 30.3 Å². The summed E-state index contributed by atoms with van der Waals surface area (Å²) in [5.74, 6) is -0.462. The zero-order valence-electron chi connectivity index (χ0n) is 10.9. The zero-order valence-corrected chi connectivity index (χ0v) is 11.7. The van der Waals surface area contributed by atoms with Gasteiger partial charge < -0.3 is 5.73 Å². The van der Waals surface area contributed by atoms with E-state index >= 15 is 0 Å². The summed E-state index contributed by atoms with van der Waals surface area (Å²) >= 11 is 0. The summed E-state index contributed by atoms with van der Waals surface area (Å²) in [4.78, 5) is 0. The molecule has 1 fully saturated rings. The number of nitrogens with two attached hydrogens (primary N) is 1. The minimum absolute atomic E-state index is 0.431. The van der Waals surface area contributed by atoms with Crippen LogP contribution in [-0.4, -0.2) is 14.2 Å². The minimum Gasteiger partial charge on any atom is -0.323 e. The Morgan fingerprint density at radius 2 is 1.74 bits per heavy atom. The molecule has 1 aliphatic rings. The second-order valence-electron chi connectivity index (χ2n) is 5.49. The maximum Gasteiger partial charge on any atom is 0.303 e. The lowest BCUT2D eigenvalue weighted by atomic mass is 9.69. The molecule has 0 aromatic heterocycles. The van der Waals surface area contributed by atoms with Crippen molar-refractivity contribution >= 4 is 10.2 Å². The van der Waals surface area contributed by atoms with Crippen molar-refractivity contribution in [2.75, 3.05) is 5.75 Å². The van der Waals surface area contributed by atoms with Crippen LogP contribution in [0.3, 0.4) is 0 Å². The summed E-state index contributed by atoms with van der Waals surface area (Å²) < 4.78 is 35.4. The van der Waals surface area contributed by atoms with Gasteiger partial charge in [0.2, 0.25) is 0 Å². The van der Waals surface area contributed by atoms with Gasteiger partial charge in [-0.15, -0.1) is 3.89 Å². The topological polar surface area (TPSA) is 60.2 Å². The van der Waals surface area contributed by atoms with Crippen LogP contribution in [0.1, 0.15) is 43.7 Å². The van der Waals surface area contributed by atoms with Crippen LogP contribution in [0, 0.1) is 5.41 Å². The smallest absolute Gasteiger partial charge is 0.303 e. The molecule has 3 nitrogen and oxygen atoms in total. The number of rotatable bonds is 4. The molecule has 0 amide bonds. The Bertz CT molecular complexity index is 510. The summed E-state index contributed by atoms with van der Waals surface area (Å²) in [6.45, 7) is 0. The molecule has 0 saturated heterocycles. The van der Waals surface area contributed by atoms with Crippen LogP contribution in [0.2, 0.25) is 0 Å². The summed E-state index contributed by atoms with van der Waals surface area (Å²) in [7, 11) is -4.52. The molecule has 0 spiro atoms. The van der Waals surface area contributed by atoms with Crippen molar-refractivity contribution in [3.8, 4) is 0 Å². The van der Waals surface area contributed by atoms with Crippen LogP contribution >= 0.6 is 0 Å². The fourth-order valence-corrected chi connectivity index (χ4v) is 4.31. The van der Waals surface area contributed by atoms with Crippen LogP contribution in [0.15, 0.2) is 30.3 Å². The summed E-state index contributed by atoms with van der Waals surface area (Å²) in [5, 5.41) is 0. The zero-order chi connectivity index (χ0) is 13.9. The van der Waals surface area contributed by atoms with Crippen LogP contribution in [0.25, 0.3) is 0 Å². The highest BCUT2D eigenvalue weighted by molar-refractivity contribution is 7.86. The van der Waals surface area contributed by atoms with Crippen molar-refractivity contribution in [1.29, 1.82) is 0 Å². The molecule has 106 valence electrons. The Labute approximate surface area is 114 Å². The maximum absolute atomic E-state index is 13.2. The molecule has 1 saturated carbocycles. The number of hydrogen-bond donors (Lipinski definition) is 1. The molecular formula is C14H20FNO2S. The first-order valence-electron chi connectivity index (χ1n) is 6.66. The van der Waals surface area contributed by atoms with E-state index in [1.54, 1.807) is 0 Å². The third-order valence-corrected chi connectivity index (χ3v) is 5.05. The predicted octanol–water partition coefficient (Wildman–Crippen LogP) is 2.94. The van der Waals surface area contributed by atoms with Gasteiger partial charge in [0.05, 0.1) is 5.75 Å². The average Bonchev–Trinajstić information content (AvgIpc) is 2.38. The second-order valence-corrected chi connectivity index (χ2v) is 6.86. The first kappa shape index (κ1) is 14.5. The minimum atomic E-state index is -4.52. The van der Waals surface area contributed by atoms with Crippen molar-refractivity contribution < 1.29 is 12.3 Å². The fourth-order valence-electron chi connectivity index (χ4n) is 3.16. The summed E-state index contributed by atoms with van der Waals surface area (Å²) in [6.07, 6.45) is 4.24. The Kier molecular flexibility index (Phi) is 4.26. The van der Waals surface area contributed by atoms with E-state index in [0.29, 0.717) is 12.8 Å². The Balaban J connectivity index is 2.32. The molecule has 1 unspecified atom stereocenters. The van der Waals surface area contributed by atoms with Crippen LogP contribution in [0.5, 0.6) is 0 Å². The predicted molar refractivity (Wildman–Crippen MR) is 73.8 cm³/mol. The maximum atomic E-state index is 13.2. The number of benzene rings is 1. The largest absolute Gasteiger partial charge is 0.323 e. The molecule has 1 aliphatic carbocycles. The molecule has 2 rings (SSSR count). The average molecular weight is 285 g/mol. The highest BCUT2D eigenvalue weighted by Crippen LogP contribution is 2.46. The second kappa shape index (κ2) is 5.59. The number of hydrogen-bond acceptors (Lipinski definition) is 3. The fraction of sp³-hybridized carbons (Fsp3) is 0.571. The lowest BCUT2D eigenvalue weighted by molar-refractivity contribution is 0.172. The van der Waals surface area contributed by atoms with Crippen molar-refractivity contribution in [3.05, 3.63) is 35.9 Å². The lowest BCUT2D eigenvalue weighted by Gasteiger charge is -2.41. The molecule has 1 aromatic carbocycles. The van der Waals surface area contributed by atoms with Gasteiger partial charge in [-0.3, -0.25) is 0 Å². The van der Waals surface area contributed by atoms with Gasteiger partial charge in [0.15, 0.2) is 0 Å². The van der Waals surface area contributed by atoms with E-state index < -0.39 is 27.4 Å². The first-order chi connectivity index (χ1) is 8.93. The van der Waals surface area contributed by atoms with Gasteiger partial charge in [-0.1, -0.05) is 49.6 Å². The van der Waals surface area contributed by atoms with E-state index in [4.69, 9.17) is 5.73 Å². The molecule has 5 heteroatoms. The molecule has 1 atom stereocenters. The van der Waals surface area contributed by atoms with E-state index in [2.05, 4.69) is 0 Å². The highest BCUT2D eigenvalue weighted by Gasteiger charge is 2.42. The molecule has 0 aliphatic heterocycles. The standard InChI is InChI=1S/C14H20FNO2S/c15-19(17,18)11-14(9-5-2-6-10-14)13(16)12-7-3-1-4-8-12/h1,3-4,7-8,13H,2,5-6,9-11,16H2. The summed E-state index contributed by atoms with van der Waals surface area (Å²) in [5.41, 5.74) is 6.50. The third-order valence-electron chi connectivity index (χ3n) is 4.13.